The van der Waals surface area contributed by atoms with Gasteiger partial charge in [-0.15, -0.1) is 12.4 Å². The average Bonchev–Trinajstić information content (AvgIpc) is 1.68. The highest BCUT2D eigenvalue weighted by Gasteiger charge is 2.45. The van der Waals surface area contributed by atoms with Crippen LogP contribution in [0.25, 0.3) is 0 Å². The number of nitrogens with one attached hydrogen (secondary N) is 2. The SMILES string of the molecule is C.CCOC1CCN(C(=O)N2CCC3(CC2)CCN(c2ccncc2)C3)CC1.CCOC1CCN(C(=O)Oc2ccc([N+](=O)[O-])cc2)CC1.CCOC1CCN(C)CC1.CCOC1CCNCC1.CN1CCC(O)CC1.Cl.O=C(O)COC1CCN(C(=O)N2CCC3(CC2)CCN(c2ccncc2)C3)CC1.c1cc(N2CCC3(CCNCC3)C2)ccn1. The lowest BCUT2D eigenvalue weighted by molar-refractivity contribution is -0.384. The van der Waals surface area contributed by atoms with E-state index in [1.807, 2.05) is 65.7 Å². The summed E-state index contributed by atoms with van der Waals surface area (Å²) in [6, 6.07) is 18.4. The van der Waals surface area contributed by atoms with Crippen LogP contribution in [0.4, 0.5) is 37.1 Å². The number of halogens is 1. The third-order valence-corrected chi connectivity index (χ3v) is 26.3. The first-order valence-electron chi connectivity index (χ1n) is 45.3. The molecule has 0 unspecified atom stereocenters. The highest BCUT2D eigenvalue weighted by Crippen LogP contribution is 2.45. The number of nitro groups is 1. The number of urea groups is 2. The molecule has 0 aliphatic carbocycles. The molecule has 122 heavy (non-hydrogen) atoms. The highest BCUT2D eigenvalue weighted by molar-refractivity contribution is 5.85. The van der Waals surface area contributed by atoms with Gasteiger partial charge in [-0.2, -0.15) is 0 Å². The number of aromatic nitrogens is 3. The Morgan fingerprint density at radius 2 is 0.721 bits per heavy atom. The van der Waals surface area contributed by atoms with E-state index < -0.39 is 17.0 Å². The van der Waals surface area contributed by atoms with Gasteiger partial charge < -0.3 is 98.3 Å². The summed E-state index contributed by atoms with van der Waals surface area (Å²) >= 11 is 0. The van der Waals surface area contributed by atoms with Gasteiger partial charge in [0.2, 0.25) is 0 Å². The Labute approximate surface area is 733 Å². The molecule has 0 saturated carbocycles. The van der Waals surface area contributed by atoms with Crippen LogP contribution in [0.5, 0.6) is 5.75 Å². The number of benzene rings is 1. The lowest BCUT2D eigenvalue weighted by Gasteiger charge is -2.42. The molecule has 12 aliphatic heterocycles. The smallest absolute Gasteiger partial charge is 0.415 e. The number of hydrogen-bond acceptors (Lipinski definition) is 23. The van der Waals surface area contributed by atoms with Crippen molar-refractivity contribution in [2.45, 2.75) is 207 Å². The van der Waals surface area contributed by atoms with Crippen LogP contribution in [0.2, 0.25) is 0 Å². The molecular formula is C91H149ClN16O14. The molecule has 0 bridgehead atoms. The maximum atomic E-state index is 12.9. The third kappa shape index (κ3) is 32.3. The first-order chi connectivity index (χ1) is 58.3. The number of pyridine rings is 3. The summed E-state index contributed by atoms with van der Waals surface area (Å²) in [5, 5.41) is 35.0. The number of non-ortho nitro benzene ring substituents is 1. The molecule has 1 aromatic carbocycles. The normalized spacial score (nSPS) is 21.6. The fraction of sp³-hybridized carbons (Fsp3) is 0.725. The number of nitro benzene ring substituents is 1. The van der Waals surface area contributed by atoms with Crippen molar-refractivity contribution in [3.63, 3.8) is 0 Å². The molecule has 30 nitrogen and oxygen atoms in total. The second kappa shape index (κ2) is 52.6. The maximum Gasteiger partial charge on any atom is 0.415 e. The summed E-state index contributed by atoms with van der Waals surface area (Å²) in [6.45, 7) is 34.6. The quantitative estimate of drug-likeness (QED) is 0.0598. The predicted octanol–water partition coefficient (Wildman–Crippen LogP) is 12.3. The van der Waals surface area contributed by atoms with Crippen LogP contribution in [0.3, 0.4) is 0 Å². The monoisotopic (exact) mass is 1730 g/mol. The van der Waals surface area contributed by atoms with Crippen LogP contribution in [-0.4, -0.2) is 329 Å². The van der Waals surface area contributed by atoms with Crippen LogP contribution in [0.1, 0.15) is 170 Å². The molecule has 5 amide bonds. The van der Waals surface area contributed by atoms with Gasteiger partial charge in [0.05, 0.1) is 41.5 Å². The lowest BCUT2D eigenvalue weighted by Crippen LogP contribution is -2.52. The van der Waals surface area contributed by atoms with Crippen molar-refractivity contribution in [1.82, 2.24) is 59.9 Å². The van der Waals surface area contributed by atoms with Gasteiger partial charge in [0, 0.05) is 224 Å². The van der Waals surface area contributed by atoms with Crippen LogP contribution in [-0.2, 0) is 28.5 Å². The van der Waals surface area contributed by atoms with E-state index in [0.29, 0.717) is 85.9 Å². The third-order valence-electron chi connectivity index (χ3n) is 26.3. The number of carboxylic acids is 1. The van der Waals surface area contributed by atoms with Gasteiger partial charge in [-0.25, -0.2) is 19.2 Å². The molecule has 4 aromatic rings. The first-order valence-corrected chi connectivity index (χ1v) is 45.3. The number of amides is 5. The number of carbonyl (C=O) groups excluding carboxylic acids is 3. The molecule has 3 spiro atoms. The second-order valence-electron chi connectivity index (χ2n) is 34.6. The van der Waals surface area contributed by atoms with Gasteiger partial charge in [0.15, 0.2) is 0 Å². The van der Waals surface area contributed by atoms with E-state index in [1.165, 1.54) is 138 Å². The predicted molar refractivity (Wildman–Crippen MR) is 481 cm³/mol. The maximum absolute atomic E-state index is 12.9. The Hall–Kier alpha value is -7.36. The van der Waals surface area contributed by atoms with Crippen molar-refractivity contribution in [1.29, 1.82) is 0 Å². The molecule has 15 heterocycles. The van der Waals surface area contributed by atoms with Gasteiger partial charge in [-0.05, 0) is 268 Å². The minimum Gasteiger partial charge on any atom is -0.480 e. The van der Waals surface area contributed by atoms with E-state index >= 15 is 0 Å². The first kappa shape index (κ1) is 100. The molecule has 0 atom stereocenters. The summed E-state index contributed by atoms with van der Waals surface area (Å²) in [7, 11) is 4.26. The summed E-state index contributed by atoms with van der Waals surface area (Å²) in [4.78, 5) is 92.5. The zero-order valence-electron chi connectivity index (χ0n) is 73.5. The molecule has 12 fully saturated rings. The molecule has 684 valence electrons. The molecular weight excluding hydrogens is 1580 g/mol. The Balaban J connectivity index is 0.000000184. The van der Waals surface area contributed by atoms with Crippen molar-refractivity contribution >= 4 is 59.3 Å². The van der Waals surface area contributed by atoms with E-state index in [2.05, 4.69) is 119 Å². The molecule has 3 aromatic heterocycles. The molecule has 12 saturated heterocycles. The van der Waals surface area contributed by atoms with Crippen LogP contribution < -0.4 is 30.1 Å². The van der Waals surface area contributed by atoms with E-state index in [-0.39, 0.29) is 62.5 Å². The van der Waals surface area contributed by atoms with Crippen LogP contribution in [0, 0.1) is 26.4 Å². The Bertz CT molecular complexity index is 3560. The van der Waals surface area contributed by atoms with E-state index in [4.69, 9.17) is 38.6 Å². The number of rotatable bonds is 16. The zero-order chi connectivity index (χ0) is 85.0. The fourth-order valence-electron chi connectivity index (χ4n) is 18.7. The number of ether oxygens (including phenoxy) is 6. The van der Waals surface area contributed by atoms with Crippen LogP contribution >= 0.6 is 12.4 Å². The van der Waals surface area contributed by atoms with E-state index in [9.17, 15) is 29.3 Å². The molecule has 16 rings (SSSR count). The Kier molecular flexibility index (Phi) is 43.1. The number of aliphatic carboxylic acids is 1. The van der Waals surface area contributed by atoms with Crippen molar-refractivity contribution < 1.29 is 62.7 Å². The largest absolute Gasteiger partial charge is 0.480 e. The standard InChI is InChI=1S/C21H30N4O4.C21H32N4O2.C14H18N2O5.C13H19N3.C8H17NO.C7H15NO.C6H13NO.CH4.ClH/c26-19(27)15-29-18-3-10-23(11-4-18)20(28)24-12-5-21(6-13-24)7-14-25(16-21)17-1-8-22-9-2-17;1-2-27-19-5-12-23(13-6-19)20(26)24-14-7-21(8-15-24)9-16-25(17-21)18-3-10-22-11-4-18;1-2-20-12-7-9-15(10-8-12)14(17)21-13-5-3-11(4-6-13)16(18)19;1-6-14-7-2-12(1)16-10-5-13(11-16)3-8-15-9-4-13;1-3-10-8-4-6-9(2)7-5-8;1-2-9-7-3-5-8-6-4-7;1-7-4-2-6(8)3-5-7;;/h1-2,8-9,18H,3-7,10-16H2,(H,26,27);3-4,10-11,19H,2,5-9,12-17H2,1H3;3-6,12H,2,7-10H2,1H3;1-2,6-7,15H,3-5,8-11H2;8H,3-7H2,1-2H3;7-8H,2-6H2,1H3;6,8H,2-5H2,1H3;1H4;1H. The topological polar surface area (TPSA) is 302 Å². The number of carbonyl (C=O) groups is 4. The van der Waals surface area contributed by atoms with Crippen molar-refractivity contribution in [3.05, 3.63) is 108 Å². The van der Waals surface area contributed by atoms with Crippen molar-refractivity contribution in [2.24, 2.45) is 16.2 Å². The van der Waals surface area contributed by atoms with Gasteiger partial charge in [0.25, 0.3) is 5.69 Å². The second-order valence-corrected chi connectivity index (χ2v) is 34.6. The summed E-state index contributed by atoms with van der Waals surface area (Å²) in [6.07, 6.45) is 34.8. The summed E-state index contributed by atoms with van der Waals surface area (Å²) in [5.74, 6) is -0.641. The number of anilines is 3. The molecule has 4 N–H and O–H groups in total. The van der Waals surface area contributed by atoms with Crippen LogP contribution in [0.15, 0.2) is 97.8 Å². The Morgan fingerprint density at radius 1 is 0.418 bits per heavy atom. The number of piperidine rings is 9. The number of hydrogen-bond donors (Lipinski definition) is 4. The number of aliphatic hydroxyl groups is 1. The number of nitrogens with zero attached hydrogens (tertiary/aromatic N) is 14. The van der Waals surface area contributed by atoms with E-state index in [1.54, 1.807) is 4.90 Å². The van der Waals surface area contributed by atoms with Crippen molar-refractivity contribution in [3.8, 4) is 5.75 Å². The fourth-order valence-corrected chi connectivity index (χ4v) is 18.7. The molecule has 12 aliphatic rings. The van der Waals surface area contributed by atoms with E-state index in [0.717, 1.165) is 176 Å². The van der Waals surface area contributed by atoms with Gasteiger partial charge in [0.1, 0.15) is 12.4 Å². The molecule has 31 heteroatoms. The van der Waals surface area contributed by atoms with Crippen molar-refractivity contribution in [2.75, 3.05) is 219 Å². The minimum atomic E-state index is -0.944. The molecule has 0 radical (unpaired) electrons. The van der Waals surface area contributed by atoms with Gasteiger partial charge in [-0.3, -0.25) is 25.1 Å². The zero-order valence-corrected chi connectivity index (χ0v) is 74.3. The summed E-state index contributed by atoms with van der Waals surface area (Å²) < 4.78 is 32.8. The average molecular weight is 1730 g/mol. The number of carboxylic acid groups (broad SMARTS) is 1. The highest BCUT2D eigenvalue weighted by atomic mass is 35.5. The van der Waals surface area contributed by atoms with Gasteiger partial charge >= 0.3 is 24.1 Å². The minimum absolute atomic E-state index is 0. The number of aliphatic hydroxyl groups excluding tert-OH is 1. The Morgan fingerprint density at radius 3 is 1.07 bits per heavy atom. The lowest BCUT2D eigenvalue weighted by atomic mass is 9.78. The van der Waals surface area contributed by atoms with Gasteiger partial charge in [-0.1, -0.05) is 7.43 Å². The number of likely N-dealkylation sites (tertiary alicyclic amines) is 7. The summed E-state index contributed by atoms with van der Waals surface area (Å²) in [5.41, 5.74) is 5.10.